The molecule has 1 aromatic heterocycles. The second kappa shape index (κ2) is 5.68. The Bertz CT molecular complexity index is 761. The summed E-state index contributed by atoms with van der Waals surface area (Å²) in [6.45, 7) is 7.80. The molecule has 0 N–H and O–H groups in total. The number of rotatable bonds is 3. The first kappa shape index (κ1) is 16.6. The van der Waals surface area contributed by atoms with Gasteiger partial charge in [0.2, 0.25) is 0 Å². The average Bonchev–Trinajstić information content (AvgIpc) is 2.75. The van der Waals surface area contributed by atoms with Crippen molar-refractivity contribution in [3.05, 3.63) is 52.8 Å². The van der Waals surface area contributed by atoms with Crippen LogP contribution in [-0.4, -0.2) is 28.2 Å². The molecule has 0 radical (unpaired) electrons. The molecule has 6 nitrogen and oxygen atoms in total. The Labute approximate surface area is 141 Å². The maximum absolute atomic E-state index is 11.5. The highest BCUT2D eigenvalue weighted by Crippen LogP contribution is 2.37. The highest BCUT2D eigenvalue weighted by Gasteiger charge is 2.52. The van der Waals surface area contributed by atoms with Crippen molar-refractivity contribution in [3.63, 3.8) is 0 Å². The van der Waals surface area contributed by atoms with Gasteiger partial charge in [0, 0.05) is 24.0 Å². The fourth-order valence-electron chi connectivity index (χ4n) is 2.59. The predicted octanol–water partition coefficient (Wildman–Crippen LogP) is 2.96. The molecule has 0 spiro atoms. The van der Waals surface area contributed by atoms with Gasteiger partial charge in [0.1, 0.15) is 0 Å². The maximum Gasteiger partial charge on any atom is 0.495 e. The van der Waals surface area contributed by atoms with E-state index in [-0.39, 0.29) is 5.69 Å². The number of nitro groups is 1. The van der Waals surface area contributed by atoms with Gasteiger partial charge in [-0.05, 0) is 45.3 Å². The number of hydrogen-bond donors (Lipinski definition) is 0. The lowest BCUT2D eigenvalue weighted by Crippen LogP contribution is -2.41. The highest BCUT2D eigenvalue weighted by atomic mass is 16.7. The van der Waals surface area contributed by atoms with E-state index in [2.05, 4.69) is 4.98 Å². The first-order valence-corrected chi connectivity index (χ1v) is 7.76. The third-order valence-electron chi connectivity index (χ3n) is 4.72. The number of hydrogen-bond acceptors (Lipinski definition) is 5. The molecule has 1 aliphatic heterocycles. The molecule has 0 bridgehead atoms. The molecule has 0 amide bonds. The number of aromatic nitrogens is 1. The summed E-state index contributed by atoms with van der Waals surface area (Å²) in [4.78, 5) is 15.2. The van der Waals surface area contributed by atoms with Gasteiger partial charge in [0.25, 0.3) is 5.69 Å². The second-order valence-corrected chi connectivity index (χ2v) is 6.86. The van der Waals surface area contributed by atoms with Gasteiger partial charge in [-0.25, -0.2) is 0 Å². The van der Waals surface area contributed by atoms with Crippen molar-refractivity contribution in [2.24, 2.45) is 0 Å². The minimum atomic E-state index is -0.628. The summed E-state index contributed by atoms with van der Waals surface area (Å²) < 4.78 is 11.9. The Kier molecular flexibility index (Phi) is 3.93. The Morgan fingerprint density at radius 1 is 1.12 bits per heavy atom. The van der Waals surface area contributed by atoms with Crippen molar-refractivity contribution in [2.45, 2.75) is 38.9 Å². The molecule has 1 fully saturated rings. The van der Waals surface area contributed by atoms with Crippen LogP contribution < -0.4 is 5.46 Å². The zero-order valence-electron chi connectivity index (χ0n) is 14.1. The van der Waals surface area contributed by atoms with Crippen molar-refractivity contribution in [1.82, 2.24) is 4.98 Å². The molecule has 0 saturated carbocycles. The van der Waals surface area contributed by atoms with E-state index in [1.807, 2.05) is 27.7 Å². The molecule has 124 valence electrons. The predicted molar refractivity (Wildman–Crippen MR) is 92.0 cm³/mol. The molecular formula is C17H19BN2O4. The largest absolute Gasteiger partial charge is 0.495 e. The summed E-state index contributed by atoms with van der Waals surface area (Å²) in [5, 5.41) is 11.5. The minimum Gasteiger partial charge on any atom is -0.399 e. The summed E-state index contributed by atoms with van der Waals surface area (Å²) in [6, 6.07) is 8.59. The number of nitro benzene ring substituents is 1. The molecule has 1 saturated heterocycles. The van der Waals surface area contributed by atoms with Crippen molar-refractivity contribution < 1.29 is 14.2 Å². The zero-order valence-corrected chi connectivity index (χ0v) is 14.1. The lowest BCUT2D eigenvalue weighted by molar-refractivity contribution is -0.384. The smallest absolute Gasteiger partial charge is 0.399 e. The van der Waals surface area contributed by atoms with Crippen molar-refractivity contribution in [2.75, 3.05) is 0 Å². The molecule has 24 heavy (non-hydrogen) atoms. The Balaban J connectivity index is 2.01. The first-order valence-electron chi connectivity index (χ1n) is 7.76. The van der Waals surface area contributed by atoms with E-state index in [0.29, 0.717) is 16.6 Å². The molecule has 1 aromatic carbocycles. The van der Waals surface area contributed by atoms with Crippen LogP contribution in [0, 0.1) is 10.1 Å². The standard InChI is InChI=1S/C17H19BN2O4/c1-16(2)17(3,4)24-18(23-16)13-7-8-14(15(10-13)20(21)22)12-6-5-9-19-11-12/h5-11H,1-4H3. The fourth-order valence-corrected chi connectivity index (χ4v) is 2.59. The zero-order chi connectivity index (χ0) is 17.5. The minimum absolute atomic E-state index is 0.00946. The molecule has 0 atom stereocenters. The van der Waals surface area contributed by atoms with Gasteiger partial charge in [-0.1, -0.05) is 12.1 Å². The third-order valence-corrected chi connectivity index (χ3v) is 4.72. The van der Waals surface area contributed by atoms with Crippen molar-refractivity contribution in [3.8, 4) is 11.1 Å². The number of pyridine rings is 1. The summed E-state index contributed by atoms with van der Waals surface area (Å²) in [5.41, 5.74) is 0.879. The Morgan fingerprint density at radius 2 is 1.79 bits per heavy atom. The van der Waals surface area contributed by atoms with Crippen LogP contribution in [0.2, 0.25) is 0 Å². The van der Waals surface area contributed by atoms with Crippen molar-refractivity contribution in [1.29, 1.82) is 0 Å². The van der Waals surface area contributed by atoms with E-state index < -0.39 is 23.2 Å². The monoisotopic (exact) mass is 326 g/mol. The van der Waals surface area contributed by atoms with Gasteiger partial charge >= 0.3 is 7.12 Å². The van der Waals surface area contributed by atoms with Gasteiger partial charge in [-0.3, -0.25) is 15.1 Å². The van der Waals surface area contributed by atoms with E-state index in [1.165, 1.54) is 6.07 Å². The number of benzene rings is 1. The lowest BCUT2D eigenvalue weighted by Gasteiger charge is -2.32. The van der Waals surface area contributed by atoms with E-state index in [0.717, 1.165) is 0 Å². The van der Waals surface area contributed by atoms with Crippen molar-refractivity contribution >= 4 is 18.3 Å². The summed E-state index contributed by atoms with van der Waals surface area (Å²) in [6.07, 6.45) is 3.24. The van der Waals surface area contributed by atoms with Crippen LogP contribution in [0.25, 0.3) is 11.1 Å². The van der Waals surface area contributed by atoms with E-state index in [9.17, 15) is 10.1 Å². The van der Waals surface area contributed by atoms with Crippen LogP contribution in [0.3, 0.4) is 0 Å². The quantitative estimate of drug-likeness (QED) is 0.492. The highest BCUT2D eigenvalue weighted by molar-refractivity contribution is 6.62. The van der Waals surface area contributed by atoms with E-state index in [4.69, 9.17) is 9.31 Å². The van der Waals surface area contributed by atoms with Crippen LogP contribution in [-0.2, 0) is 9.31 Å². The van der Waals surface area contributed by atoms with Gasteiger partial charge in [-0.15, -0.1) is 0 Å². The van der Waals surface area contributed by atoms with E-state index in [1.54, 1.807) is 36.7 Å². The van der Waals surface area contributed by atoms with Crippen LogP contribution >= 0.6 is 0 Å². The van der Waals surface area contributed by atoms with Gasteiger partial charge in [0.15, 0.2) is 0 Å². The first-order chi connectivity index (χ1) is 11.2. The van der Waals surface area contributed by atoms with E-state index >= 15 is 0 Å². The molecule has 0 unspecified atom stereocenters. The molecular weight excluding hydrogens is 307 g/mol. The average molecular weight is 326 g/mol. The van der Waals surface area contributed by atoms with Gasteiger partial charge in [-0.2, -0.15) is 0 Å². The van der Waals surface area contributed by atoms with Crippen LogP contribution in [0.4, 0.5) is 5.69 Å². The molecule has 2 heterocycles. The Hall–Kier alpha value is -2.25. The maximum atomic E-state index is 11.5. The molecule has 3 rings (SSSR count). The van der Waals surface area contributed by atoms with Gasteiger partial charge < -0.3 is 9.31 Å². The summed E-state index contributed by atoms with van der Waals surface area (Å²) >= 11 is 0. The summed E-state index contributed by atoms with van der Waals surface area (Å²) in [5.74, 6) is 0. The van der Waals surface area contributed by atoms with Gasteiger partial charge in [0.05, 0.1) is 21.7 Å². The SMILES string of the molecule is CC1(C)OB(c2ccc(-c3cccnc3)c([N+](=O)[O-])c2)OC1(C)C. The number of nitrogens with zero attached hydrogens (tertiary/aromatic N) is 2. The summed E-state index contributed by atoms with van der Waals surface area (Å²) in [7, 11) is -0.628. The molecule has 0 aliphatic carbocycles. The second-order valence-electron chi connectivity index (χ2n) is 6.86. The topological polar surface area (TPSA) is 74.5 Å². The molecule has 2 aromatic rings. The molecule has 7 heteroatoms. The fraction of sp³-hybridized carbons (Fsp3) is 0.353. The Morgan fingerprint density at radius 3 is 2.33 bits per heavy atom. The lowest BCUT2D eigenvalue weighted by atomic mass is 9.78. The van der Waals surface area contributed by atoms with Crippen LogP contribution in [0.15, 0.2) is 42.7 Å². The van der Waals surface area contributed by atoms with Crippen LogP contribution in [0.1, 0.15) is 27.7 Å². The normalized spacial score (nSPS) is 18.6. The third kappa shape index (κ3) is 2.81. The molecule has 1 aliphatic rings. The van der Waals surface area contributed by atoms with Crippen LogP contribution in [0.5, 0.6) is 0 Å².